The van der Waals surface area contributed by atoms with Gasteiger partial charge >= 0.3 is 5.97 Å². The quantitative estimate of drug-likeness (QED) is 0.213. The van der Waals surface area contributed by atoms with Crippen molar-refractivity contribution in [2.24, 2.45) is 0 Å². The third-order valence-corrected chi connectivity index (χ3v) is 7.34. The number of rotatable bonds is 4. The zero-order valence-corrected chi connectivity index (χ0v) is 24.2. The molecule has 37 heavy (non-hydrogen) atoms. The number of ether oxygens (including phenoxy) is 1. The highest BCUT2D eigenvalue weighted by Crippen LogP contribution is 2.37. The van der Waals surface area contributed by atoms with Crippen LogP contribution in [0.2, 0.25) is 5.02 Å². The van der Waals surface area contributed by atoms with Gasteiger partial charge < -0.3 is 9.84 Å². The SMILES string of the molecule is CCOC(=O)/C(Cl)=C/c1cc(N2C(=O)C3=C(CCCC3)C2=O)ccc1Cl.N#Cc1cc(Br)c(O)c(Br)c1. The van der Waals surface area contributed by atoms with E-state index in [2.05, 4.69) is 31.9 Å². The van der Waals surface area contributed by atoms with Crippen LogP contribution in [-0.4, -0.2) is 29.5 Å². The van der Waals surface area contributed by atoms with Crippen LogP contribution in [0.1, 0.15) is 43.7 Å². The minimum Gasteiger partial charge on any atom is -0.506 e. The molecule has 2 aromatic carbocycles. The summed E-state index contributed by atoms with van der Waals surface area (Å²) in [6, 6.07) is 9.81. The molecule has 0 fully saturated rings. The number of aromatic hydroxyl groups is 1. The van der Waals surface area contributed by atoms with E-state index >= 15 is 0 Å². The molecule has 192 valence electrons. The molecule has 7 nitrogen and oxygen atoms in total. The van der Waals surface area contributed by atoms with Crippen LogP contribution in [0.15, 0.2) is 55.5 Å². The van der Waals surface area contributed by atoms with Crippen molar-refractivity contribution in [3.05, 3.63) is 71.6 Å². The van der Waals surface area contributed by atoms with Gasteiger partial charge in [0.15, 0.2) is 0 Å². The summed E-state index contributed by atoms with van der Waals surface area (Å²) in [5.74, 6) is -1.11. The van der Waals surface area contributed by atoms with Crippen LogP contribution in [0.25, 0.3) is 6.08 Å². The summed E-state index contributed by atoms with van der Waals surface area (Å²) in [7, 11) is 0. The second-order valence-electron chi connectivity index (χ2n) is 7.93. The van der Waals surface area contributed by atoms with E-state index in [0.717, 1.165) is 12.8 Å². The van der Waals surface area contributed by atoms with Gasteiger partial charge in [-0.3, -0.25) is 9.59 Å². The lowest BCUT2D eigenvalue weighted by Gasteiger charge is -2.16. The van der Waals surface area contributed by atoms with Gasteiger partial charge in [0.2, 0.25) is 0 Å². The Bertz CT molecular complexity index is 1330. The molecule has 2 amide bonds. The summed E-state index contributed by atoms with van der Waals surface area (Å²) in [5, 5.41) is 17.9. The fraction of sp³-hybridized carbons (Fsp3) is 0.231. The number of hydrogen-bond acceptors (Lipinski definition) is 6. The van der Waals surface area contributed by atoms with Gasteiger partial charge in [-0.1, -0.05) is 23.2 Å². The standard InChI is InChI=1S/C19H17Cl2NO4.C7H3Br2NO/c1-2-26-19(25)16(21)10-11-9-12(7-8-15(11)20)22-17(23)13-5-3-4-6-14(13)18(22)24;8-5-1-4(3-10)2-6(9)7(5)11/h7-10H,2-6H2,1H3;1-2,11H/b16-10-;. The van der Waals surface area contributed by atoms with Crippen LogP contribution in [0, 0.1) is 11.3 Å². The van der Waals surface area contributed by atoms with E-state index in [4.69, 9.17) is 33.2 Å². The first-order chi connectivity index (χ1) is 17.6. The fourth-order valence-electron chi connectivity index (χ4n) is 3.78. The third-order valence-electron chi connectivity index (χ3n) is 5.53. The number of phenols is 1. The zero-order chi connectivity index (χ0) is 27.3. The summed E-state index contributed by atoms with van der Waals surface area (Å²) < 4.78 is 5.87. The second kappa shape index (κ2) is 12.7. The molecular weight excluding hydrogens is 651 g/mol. The molecule has 0 aromatic heterocycles. The summed E-state index contributed by atoms with van der Waals surface area (Å²) in [6.45, 7) is 1.87. The summed E-state index contributed by atoms with van der Waals surface area (Å²) in [6.07, 6.45) is 4.45. The van der Waals surface area contributed by atoms with Crippen molar-refractivity contribution in [2.45, 2.75) is 32.6 Å². The van der Waals surface area contributed by atoms with Crippen molar-refractivity contribution in [3.8, 4) is 11.8 Å². The Labute approximate surface area is 240 Å². The lowest BCUT2D eigenvalue weighted by Crippen LogP contribution is -2.31. The van der Waals surface area contributed by atoms with E-state index in [1.54, 1.807) is 37.3 Å². The summed E-state index contributed by atoms with van der Waals surface area (Å²) in [5.41, 5.74) is 2.54. The van der Waals surface area contributed by atoms with Gasteiger partial charge in [0.25, 0.3) is 11.8 Å². The Morgan fingerprint density at radius 2 is 1.70 bits per heavy atom. The van der Waals surface area contributed by atoms with Crippen LogP contribution in [0.3, 0.4) is 0 Å². The number of imide groups is 1. The number of nitriles is 1. The lowest BCUT2D eigenvalue weighted by atomic mass is 9.93. The molecule has 1 heterocycles. The van der Waals surface area contributed by atoms with Crippen LogP contribution in [0.5, 0.6) is 5.75 Å². The number of benzene rings is 2. The van der Waals surface area contributed by atoms with Crippen LogP contribution in [-0.2, 0) is 19.1 Å². The molecule has 0 saturated carbocycles. The van der Waals surface area contributed by atoms with Gasteiger partial charge in [0, 0.05) is 16.2 Å². The molecular formula is C26H20Br2Cl2N2O5. The number of hydrogen-bond donors (Lipinski definition) is 1. The smallest absolute Gasteiger partial charge is 0.349 e. The van der Waals surface area contributed by atoms with E-state index in [0.29, 0.717) is 54.8 Å². The first-order valence-electron chi connectivity index (χ1n) is 11.1. The number of carbonyl (C=O) groups excluding carboxylic acids is 3. The predicted octanol–water partition coefficient (Wildman–Crippen LogP) is 7.02. The summed E-state index contributed by atoms with van der Waals surface area (Å²) in [4.78, 5) is 38.2. The molecule has 1 aliphatic carbocycles. The number of esters is 1. The molecule has 0 spiro atoms. The molecule has 1 N–H and O–H groups in total. The largest absolute Gasteiger partial charge is 0.506 e. The second-order valence-corrected chi connectivity index (χ2v) is 10.5. The van der Waals surface area contributed by atoms with Crippen molar-refractivity contribution >= 4 is 84.6 Å². The number of nitrogens with zero attached hydrogens (tertiary/aromatic N) is 2. The van der Waals surface area contributed by atoms with Crippen LogP contribution >= 0.6 is 55.1 Å². The Kier molecular flexibility index (Phi) is 9.96. The average molecular weight is 671 g/mol. The van der Waals surface area contributed by atoms with Crippen LogP contribution < -0.4 is 4.90 Å². The molecule has 0 bridgehead atoms. The Morgan fingerprint density at radius 1 is 1.14 bits per heavy atom. The Hall–Kier alpha value is -2.64. The molecule has 11 heteroatoms. The van der Waals surface area contributed by atoms with Crippen molar-refractivity contribution in [1.82, 2.24) is 0 Å². The monoisotopic (exact) mass is 668 g/mol. The average Bonchev–Trinajstić information content (AvgIpc) is 3.14. The van der Waals surface area contributed by atoms with Gasteiger partial charge in [-0.2, -0.15) is 5.26 Å². The zero-order valence-electron chi connectivity index (χ0n) is 19.5. The normalized spacial score (nSPS) is 15.1. The highest BCUT2D eigenvalue weighted by atomic mass is 79.9. The minimum atomic E-state index is -0.666. The lowest BCUT2D eigenvalue weighted by molar-refractivity contribution is -0.137. The number of anilines is 1. The van der Waals surface area contributed by atoms with Crippen molar-refractivity contribution in [3.63, 3.8) is 0 Å². The summed E-state index contributed by atoms with van der Waals surface area (Å²) >= 11 is 18.3. The van der Waals surface area contributed by atoms with Gasteiger partial charge in [0.1, 0.15) is 10.8 Å². The fourth-order valence-corrected chi connectivity index (χ4v) is 5.31. The number of halogens is 4. The number of carbonyl (C=O) groups is 3. The maximum Gasteiger partial charge on any atom is 0.349 e. The predicted molar refractivity (Wildman–Crippen MR) is 148 cm³/mol. The number of amides is 2. The molecule has 0 radical (unpaired) electrons. The molecule has 4 rings (SSSR count). The third kappa shape index (κ3) is 6.63. The molecule has 0 unspecified atom stereocenters. The first kappa shape index (κ1) is 28.9. The molecule has 2 aliphatic rings. The Balaban J connectivity index is 0.000000289. The maximum absolute atomic E-state index is 12.7. The van der Waals surface area contributed by atoms with E-state index < -0.39 is 5.97 Å². The molecule has 1 aliphatic heterocycles. The number of phenolic OH excluding ortho intramolecular Hbond substituents is 1. The van der Waals surface area contributed by atoms with Gasteiger partial charge in [0.05, 0.1) is 32.9 Å². The van der Waals surface area contributed by atoms with Gasteiger partial charge in [-0.15, -0.1) is 0 Å². The highest BCUT2D eigenvalue weighted by Gasteiger charge is 2.39. The molecule has 0 saturated heterocycles. The highest BCUT2D eigenvalue weighted by molar-refractivity contribution is 9.11. The van der Waals surface area contributed by atoms with Crippen LogP contribution in [0.4, 0.5) is 5.69 Å². The first-order valence-corrected chi connectivity index (χ1v) is 13.5. The van der Waals surface area contributed by atoms with E-state index in [1.807, 2.05) is 6.07 Å². The van der Waals surface area contributed by atoms with Crippen molar-refractivity contribution in [2.75, 3.05) is 11.5 Å². The van der Waals surface area contributed by atoms with Crippen molar-refractivity contribution in [1.29, 1.82) is 5.26 Å². The van der Waals surface area contributed by atoms with E-state index in [-0.39, 0.29) is 29.2 Å². The van der Waals surface area contributed by atoms with E-state index in [1.165, 1.54) is 11.0 Å². The van der Waals surface area contributed by atoms with Gasteiger partial charge in [-0.25, -0.2) is 9.69 Å². The topological polar surface area (TPSA) is 108 Å². The van der Waals surface area contributed by atoms with Crippen molar-refractivity contribution < 1.29 is 24.2 Å². The van der Waals surface area contributed by atoms with Gasteiger partial charge in [-0.05, 0) is 106 Å². The minimum absolute atomic E-state index is 0.115. The Morgan fingerprint density at radius 3 is 2.22 bits per heavy atom. The maximum atomic E-state index is 12.7. The van der Waals surface area contributed by atoms with E-state index in [9.17, 15) is 19.5 Å². The molecule has 0 atom stereocenters. The molecule has 2 aromatic rings.